The van der Waals surface area contributed by atoms with Crippen molar-refractivity contribution in [2.45, 2.75) is 39.0 Å². The molecule has 0 radical (unpaired) electrons. The van der Waals surface area contributed by atoms with E-state index in [4.69, 9.17) is 5.26 Å². The Kier molecular flexibility index (Phi) is 6.40. The highest BCUT2D eigenvalue weighted by Crippen LogP contribution is 2.35. The van der Waals surface area contributed by atoms with Crippen molar-refractivity contribution < 1.29 is 13.6 Å². The first-order valence-corrected chi connectivity index (χ1v) is 12.3. The molecule has 3 aromatic rings. The van der Waals surface area contributed by atoms with E-state index in [1.165, 1.54) is 12.1 Å². The largest absolute Gasteiger partial charge is 0.337 e. The molecule has 2 aromatic carbocycles. The molecule has 1 atom stereocenters. The third-order valence-corrected chi connectivity index (χ3v) is 7.24. The number of aromatic nitrogens is 2. The highest BCUT2D eigenvalue weighted by molar-refractivity contribution is 6.10. The van der Waals surface area contributed by atoms with Crippen molar-refractivity contribution >= 4 is 22.5 Å². The summed E-state index contributed by atoms with van der Waals surface area (Å²) < 4.78 is 32.1. The van der Waals surface area contributed by atoms with E-state index >= 15 is 4.39 Å². The summed E-state index contributed by atoms with van der Waals surface area (Å²) in [6.07, 6.45) is 3.74. The lowest BCUT2D eigenvalue weighted by Crippen LogP contribution is -2.36. The van der Waals surface area contributed by atoms with Gasteiger partial charge < -0.3 is 4.90 Å². The van der Waals surface area contributed by atoms with Crippen LogP contribution in [0, 0.1) is 30.0 Å². The SMILES string of the molecule is Cc1c2cc(CCC3C(c4ccc(C#N)c(F)c4)=NC(C(=O)N4CCCCC4)=C3F)ccc2nn1C. The van der Waals surface area contributed by atoms with Gasteiger partial charge in [-0.2, -0.15) is 10.4 Å². The van der Waals surface area contributed by atoms with E-state index < -0.39 is 23.5 Å². The molecule has 0 saturated carbocycles. The van der Waals surface area contributed by atoms with Gasteiger partial charge in [-0.05, 0) is 74.4 Å². The Labute approximate surface area is 208 Å². The monoisotopic (exact) mass is 487 g/mol. The van der Waals surface area contributed by atoms with Crippen LogP contribution in [0.3, 0.4) is 0 Å². The maximum atomic E-state index is 15.8. The Bertz CT molecular complexity index is 1460. The number of hydrogen-bond donors (Lipinski definition) is 0. The second-order valence-electron chi connectivity index (χ2n) is 9.50. The minimum Gasteiger partial charge on any atom is -0.337 e. The number of allylic oxidation sites excluding steroid dienone is 1. The van der Waals surface area contributed by atoms with Crippen LogP contribution in [0.2, 0.25) is 0 Å². The lowest BCUT2D eigenvalue weighted by Gasteiger charge is -2.26. The summed E-state index contributed by atoms with van der Waals surface area (Å²) in [5.74, 6) is -2.44. The summed E-state index contributed by atoms with van der Waals surface area (Å²) in [6.45, 7) is 3.17. The number of fused-ring (bicyclic) bond motifs is 1. The standard InChI is InChI=1S/C28H27F2N5O/c1-17-22-14-18(7-11-24(22)33-34(17)2)6-10-21-25(30)27(28(36)35-12-4-3-5-13-35)32-26(21)19-8-9-20(16-31)23(29)15-19/h7-9,11,14-15,21H,3-6,10,12-13H2,1-2H3. The van der Waals surface area contributed by atoms with Crippen LogP contribution in [-0.2, 0) is 18.3 Å². The van der Waals surface area contributed by atoms with Gasteiger partial charge in [-0.3, -0.25) is 9.48 Å². The fourth-order valence-electron chi connectivity index (χ4n) is 5.07. The first kappa shape index (κ1) is 23.9. The predicted molar refractivity (Wildman–Crippen MR) is 133 cm³/mol. The summed E-state index contributed by atoms with van der Waals surface area (Å²) in [5, 5.41) is 14.6. The van der Waals surface area contributed by atoms with Crippen LogP contribution in [0.4, 0.5) is 8.78 Å². The number of carbonyl (C=O) groups is 1. The summed E-state index contributed by atoms with van der Waals surface area (Å²) >= 11 is 0. The summed E-state index contributed by atoms with van der Waals surface area (Å²) in [7, 11) is 1.90. The van der Waals surface area contributed by atoms with Crippen molar-refractivity contribution in [1.82, 2.24) is 14.7 Å². The Morgan fingerprint density at radius 2 is 1.92 bits per heavy atom. The van der Waals surface area contributed by atoms with Crippen molar-refractivity contribution in [1.29, 1.82) is 5.26 Å². The molecule has 36 heavy (non-hydrogen) atoms. The molecule has 0 bridgehead atoms. The van der Waals surface area contributed by atoms with Gasteiger partial charge in [0.15, 0.2) is 5.70 Å². The van der Waals surface area contributed by atoms with Crippen molar-refractivity contribution in [3.63, 3.8) is 0 Å². The first-order chi connectivity index (χ1) is 17.4. The van der Waals surface area contributed by atoms with Crippen molar-refractivity contribution in [2.24, 2.45) is 18.0 Å². The summed E-state index contributed by atoms with van der Waals surface area (Å²) in [5.41, 5.74) is 3.40. The van der Waals surface area contributed by atoms with Crippen LogP contribution >= 0.6 is 0 Å². The first-order valence-electron chi connectivity index (χ1n) is 12.3. The number of halogens is 2. The number of amides is 1. The third-order valence-electron chi connectivity index (χ3n) is 7.24. The molecule has 8 heteroatoms. The van der Waals surface area contributed by atoms with Gasteiger partial charge in [-0.25, -0.2) is 13.8 Å². The number of hydrogen-bond acceptors (Lipinski definition) is 4. The lowest BCUT2D eigenvalue weighted by atomic mass is 9.90. The Morgan fingerprint density at radius 1 is 1.14 bits per heavy atom. The van der Waals surface area contributed by atoms with Crippen LogP contribution in [0.15, 0.2) is 52.9 Å². The average Bonchev–Trinajstić information content (AvgIpc) is 3.37. The van der Waals surface area contributed by atoms with Gasteiger partial charge in [-0.1, -0.05) is 12.1 Å². The number of likely N-dealkylation sites (tertiary alicyclic amines) is 1. The van der Waals surface area contributed by atoms with Crippen LogP contribution in [-0.4, -0.2) is 39.4 Å². The normalized spacial score (nSPS) is 18.0. The average molecular weight is 488 g/mol. The molecule has 5 rings (SSSR count). The third kappa shape index (κ3) is 4.30. The maximum Gasteiger partial charge on any atom is 0.275 e. The second-order valence-corrected chi connectivity index (χ2v) is 9.50. The van der Waals surface area contributed by atoms with E-state index in [1.807, 2.05) is 30.8 Å². The molecule has 1 aromatic heterocycles. The van der Waals surface area contributed by atoms with Crippen LogP contribution in [0.1, 0.15) is 48.1 Å². The van der Waals surface area contributed by atoms with E-state index in [9.17, 15) is 9.18 Å². The summed E-state index contributed by atoms with van der Waals surface area (Å²) in [4.78, 5) is 19.2. The molecule has 0 aliphatic carbocycles. The zero-order valence-corrected chi connectivity index (χ0v) is 20.4. The van der Waals surface area contributed by atoms with E-state index in [-0.39, 0.29) is 11.3 Å². The zero-order valence-electron chi connectivity index (χ0n) is 20.4. The molecule has 1 saturated heterocycles. The second kappa shape index (κ2) is 9.65. The Balaban J connectivity index is 1.47. The van der Waals surface area contributed by atoms with Gasteiger partial charge in [0.25, 0.3) is 5.91 Å². The van der Waals surface area contributed by atoms with Gasteiger partial charge in [0.2, 0.25) is 0 Å². The van der Waals surface area contributed by atoms with Gasteiger partial charge in [0.1, 0.15) is 17.7 Å². The number of benzene rings is 2. The molecule has 3 heterocycles. The molecule has 0 N–H and O–H groups in total. The lowest BCUT2D eigenvalue weighted by molar-refractivity contribution is -0.128. The van der Waals surface area contributed by atoms with Crippen LogP contribution < -0.4 is 0 Å². The molecule has 1 unspecified atom stereocenters. The molecule has 6 nitrogen and oxygen atoms in total. The number of piperidine rings is 1. The fourth-order valence-corrected chi connectivity index (χ4v) is 5.07. The molecule has 2 aliphatic rings. The van der Waals surface area contributed by atoms with E-state index in [0.717, 1.165) is 41.4 Å². The zero-order chi connectivity index (χ0) is 25.4. The van der Waals surface area contributed by atoms with Gasteiger partial charge >= 0.3 is 0 Å². The number of aryl methyl sites for hydroxylation is 3. The highest BCUT2D eigenvalue weighted by atomic mass is 19.1. The summed E-state index contributed by atoms with van der Waals surface area (Å²) in [6, 6.07) is 11.9. The fraction of sp³-hybridized carbons (Fsp3) is 0.357. The highest BCUT2D eigenvalue weighted by Gasteiger charge is 2.36. The number of nitrogens with zero attached hydrogens (tertiary/aromatic N) is 5. The Morgan fingerprint density at radius 3 is 2.64 bits per heavy atom. The number of aliphatic imine (C=N–C) groups is 1. The van der Waals surface area contributed by atoms with Crippen LogP contribution in [0.25, 0.3) is 10.9 Å². The number of nitriles is 1. The molecule has 1 amide bonds. The van der Waals surface area contributed by atoms with E-state index in [2.05, 4.69) is 16.2 Å². The quantitative estimate of drug-likeness (QED) is 0.500. The minimum atomic E-state index is -0.772. The van der Waals surface area contributed by atoms with Crippen molar-refractivity contribution in [3.8, 4) is 6.07 Å². The minimum absolute atomic E-state index is 0.0907. The molecular weight excluding hydrogens is 460 g/mol. The van der Waals surface area contributed by atoms with E-state index in [1.54, 1.807) is 17.0 Å². The number of rotatable bonds is 5. The molecule has 2 aliphatic heterocycles. The van der Waals surface area contributed by atoms with E-state index in [0.29, 0.717) is 37.2 Å². The number of carbonyl (C=O) groups excluding carboxylic acids is 1. The topological polar surface area (TPSA) is 74.3 Å². The van der Waals surface area contributed by atoms with Crippen molar-refractivity contribution in [2.75, 3.05) is 13.1 Å². The Hall–Kier alpha value is -3.86. The molecule has 0 spiro atoms. The van der Waals surface area contributed by atoms with Gasteiger partial charge in [0, 0.05) is 31.2 Å². The van der Waals surface area contributed by atoms with Crippen LogP contribution in [0.5, 0.6) is 0 Å². The molecular formula is C28H27F2N5O. The molecule has 1 fully saturated rings. The maximum absolute atomic E-state index is 15.8. The molecule has 184 valence electrons. The van der Waals surface area contributed by atoms with Gasteiger partial charge in [0.05, 0.1) is 22.7 Å². The van der Waals surface area contributed by atoms with Crippen molar-refractivity contribution in [3.05, 3.63) is 76.1 Å². The predicted octanol–water partition coefficient (Wildman–Crippen LogP) is 5.14. The van der Waals surface area contributed by atoms with Gasteiger partial charge in [-0.15, -0.1) is 0 Å². The smallest absolute Gasteiger partial charge is 0.275 e.